The number of piperazine rings is 1. The van der Waals surface area contributed by atoms with Gasteiger partial charge in [0, 0.05) is 50.9 Å². The fourth-order valence-corrected chi connectivity index (χ4v) is 4.04. The van der Waals surface area contributed by atoms with Gasteiger partial charge in [-0.25, -0.2) is 4.98 Å². The largest absolute Gasteiger partial charge is 0.488 e. The highest BCUT2D eigenvalue weighted by atomic mass is 32.1. The highest BCUT2D eigenvalue weighted by Crippen LogP contribution is 2.21. The topological polar surface area (TPSA) is 54.9 Å². The molecule has 3 aromatic rings. The lowest BCUT2D eigenvalue weighted by molar-refractivity contribution is 0.112. The van der Waals surface area contributed by atoms with Crippen LogP contribution in [0.3, 0.4) is 0 Å². The summed E-state index contributed by atoms with van der Waals surface area (Å²) in [5.74, 6) is 1.70. The van der Waals surface area contributed by atoms with Crippen LogP contribution in [0.2, 0.25) is 0 Å². The number of hydrogen-bond acceptors (Lipinski definition) is 7. The number of methoxy groups -OCH3 is 1. The highest BCUT2D eigenvalue weighted by molar-refractivity contribution is 7.09. The molecule has 0 saturated carbocycles. The molecule has 3 heterocycles. The van der Waals surface area contributed by atoms with E-state index in [0.29, 0.717) is 18.3 Å². The van der Waals surface area contributed by atoms with E-state index < -0.39 is 0 Å². The molecule has 0 unspecified atom stereocenters. The number of rotatable bonds is 8. The summed E-state index contributed by atoms with van der Waals surface area (Å²) in [6, 6.07) is 16.1. The van der Waals surface area contributed by atoms with Gasteiger partial charge in [-0.3, -0.25) is 9.69 Å². The Morgan fingerprint density at radius 3 is 2.55 bits per heavy atom. The molecule has 1 aliphatic heterocycles. The summed E-state index contributed by atoms with van der Waals surface area (Å²) >= 11 is 1.71. The summed E-state index contributed by atoms with van der Waals surface area (Å²) in [6.07, 6.45) is 3.02. The molecule has 2 aromatic heterocycles. The third-order valence-electron chi connectivity index (χ3n) is 5.35. The lowest BCUT2D eigenvalue weighted by atomic mass is 10.1. The Bertz CT molecular complexity index is 970. The van der Waals surface area contributed by atoms with Crippen LogP contribution in [0.25, 0.3) is 0 Å². The minimum atomic E-state index is 0.384. The molecule has 6 nitrogen and oxygen atoms in total. The number of thiophene rings is 1. The molecular weight excluding hydrogens is 434 g/mol. The quantitative estimate of drug-likeness (QED) is 0.439. The van der Waals surface area contributed by atoms with E-state index in [2.05, 4.69) is 44.4 Å². The first-order chi connectivity index (χ1) is 16.1. The lowest BCUT2D eigenvalue weighted by Crippen LogP contribution is -2.46. The number of anilines is 1. The molecule has 0 bridgehead atoms. The van der Waals surface area contributed by atoms with Crippen molar-refractivity contribution in [2.24, 2.45) is 0 Å². The average Bonchev–Trinajstić information content (AvgIpc) is 3.38. The zero-order chi connectivity index (χ0) is 23.5. The van der Waals surface area contributed by atoms with Gasteiger partial charge in [0.1, 0.15) is 18.2 Å². The van der Waals surface area contributed by atoms with Crippen molar-refractivity contribution in [3.05, 3.63) is 76.1 Å². The maximum Gasteiger partial charge on any atom is 0.153 e. The maximum absolute atomic E-state index is 11.2. The van der Waals surface area contributed by atoms with Gasteiger partial charge in [-0.1, -0.05) is 18.2 Å². The van der Waals surface area contributed by atoms with Gasteiger partial charge in [-0.05, 0) is 55.1 Å². The summed E-state index contributed by atoms with van der Waals surface area (Å²) in [6.45, 7) is 9.12. The van der Waals surface area contributed by atoms with Crippen molar-refractivity contribution in [3.63, 3.8) is 0 Å². The van der Waals surface area contributed by atoms with Gasteiger partial charge in [0.25, 0.3) is 0 Å². The van der Waals surface area contributed by atoms with Gasteiger partial charge in [-0.15, -0.1) is 11.3 Å². The van der Waals surface area contributed by atoms with E-state index in [0.717, 1.165) is 50.6 Å². The minimum Gasteiger partial charge on any atom is -0.488 e. The fraction of sp³-hybridized carbons (Fsp3) is 0.385. The van der Waals surface area contributed by atoms with E-state index in [1.54, 1.807) is 30.7 Å². The van der Waals surface area contributed by atoms with Gasteiger partial charge in [0.05, 0.1) is 11.7 Å². The van der Waals surface area contributed by atoms with E-state index >= 15 is 0 Å². The molecule has 0 atom stereocenters. The molecule has 1 saturated heterocycles. The molecule has 33 heavy (non-hydrogen) atoms. The first-order valence-corrected chi connectivity index (χ1v) is 12.1. The summed E-state index contributed by atoms with van der Waals surface area (Å²) in [5.41, 5.74) is 1.91. The summed E-state index contributed by atoms with van der Waals surface area (Å²) in [7, 11) is 1.70. The maximum atomic E-state index is 11.2. The molecule has 1 aromatic carbocycles. The first kappa shape index (κ1) is 24.9. The van der Waals surface area contributed by atoms with Gasteiger partial charge < -0.3 is 14.4 Å². The molecule has 0 aliphatic carbocycles. The molecular formula is C26H33N3O3S. The summed E-state index contributed by atoms with van der Waals surface area (Å²) in [4.78, 5) is 21.5. The van der Waals surface area contributed by atoms with E-state index in [1.165, 1.54) is 10.4 Å². The Labute approximate surface area is 200 Å². The molecule has 0 spiro atoms. The van der Waals surface area contributed by atoms with Crippen LogP contribution in [-0.4, -0.2) is 55.6 Å². The minimum absolute atomic E-state index is 0.384. The third-order valence-corrected chi connectivity index (χ3v) is 6.20. The third kappa shape index (κ3) is 7.96. The van der Waals surface area contributed by atoms with Crippen LogP contribution in [0, 0.1) is 0 Å². The van der Waals surface area contributed by atoms with Crippen LogP contribution in [0.1, 0.15) is 34.6 Å². The van der Waals surface area contributed by atoms with Crippen molar-refractivity contribution in [2.45, 2.75) is 33.1 Å². The Hall–Kier alpha value is -2.74. The lowest BCUT2D eigenvalue weighted by Gasteiger charge is -2.35. The SMILES string of the molecule is COC(C)C.O=Cc1cccnc1N1CCN(Cc2cccc(OCc3cccs3)c2)CC1. The van der Waals surface area contributed by atoms with Gasteiger partial charge in [0.15, 0.2) is 6.29 Å². The molecule has 0 N–H and O–H groups in total. The van der Waals surface area contributed by atoms with Crippen molar-refractivity contribution < 1.29 is 14.3 Å². The van der Waals surface area contributed by atoms with E-state index in [9.17, 15) is 4.79 Å². The monoisotopic (exact) mass is 467 g/mol. The average molecular weight is 468 g/mol. The van der Waals surface area contributed by atoms with Crippen LogP contribution in [0.4, 0.5) is 5.82 Å². The number of carbonyl (C=O) groups excluding carboxylic acids is 1. The van der Waals surface area contributed by atoms with Crippen molar-refractivity contribution in [3.8, 4) is 5.75 Å². The van der Waals surface area contributed by atoms with Crippen molar-refractivity contribution in [1.29, 1.82) is 0 Å². The van der Waals surface area contributed by atoms with Crippen LogP contribution >= 0.6 is 11.3 Å². The predicted octanol–water partition coefficient (Wildman–Crippen LogP) is 4.90. The number of benzene rings is 1. The second kappa shape index (κ2) is 13.1. The number of carbonyl (C=O) groups is 1. The summed E-state index contributed by atoms with van der Waals surface area (Å²) < 4.78 is 10.7. The number of pyridine rings is 1. The molecule has 0 amide bonds. The number of nitrogens with zero attached hydrogens (tertiary/aromatic N) is 3. The second-order valence-electron chi connectivity index (χ2n) is 8.10. The molecule has 1 fully saturated rings. The molecule has 4 rings (SSSR count). The number of aromatic nitrogens is 1. The van der Waals surface area contributed by atoms with E-state index in [1.807, 2.05) is 32.0 Å². The van der Waals surface area contributed by atoms with Crippen LogP contribution < -0.4 is 9.64 Å². The Balaban J connectivity index is 0.000000555. The van der Waals surface area contributed by atoms with Crippen molar-refractivity contribution >= 4 is 23.4 Å². The number of hydrogen-bond donors (Lipinski definition) is 0. The van der Waals surface area contributed by atoms with Gasteiger partial charge in [0.2, 0.25) is 0 Å². The molecule has 1 aliphatic rings. The van der Waals surface area contributed by atoms with Gasteiger partial charge >= 0.3 is 0 Å². The standard InChI is InChI=1S/C22H23N3O2S.C4H10O/c26-16-19-5-2-8-23-22(19)25-11-9-24(10-12-25)15-18-4-1-6-20(14-18)27-17-21-7-3-13-28-21;1-4(2)5-3/h1-8,13-14,16H,9-12,15,17H2;4H,1-3H3. The van der Waals surface area contributed by atoms with Crippen molar-refractivity contribution in [2.75, 3.05) is 38.2 Å². The molecule has 0 radical (unpaired) electrons. The smallest absolute Gasteiger partial charge is 0.153 e. The second-order valence-corrected chi connectivity index (χ2v) is 9.13. The Kier molecular flexibility index (Phi) is 9.87. The zero-order valence-electron chi connectivity index (χ0n) is 19.6. The number of ether oxygens (including phenoxy) is 2. The molecule has 7 heteroatoms. The van der Waals surface area contributed by atoms with Crippen LogP contribution in [0.5, 0.6) is 5.75 Å². The normalized spacial score (nSPS) is 14.0. The highest BCUT2D eigenvalue weighted by Gasteiger charge is 2.20. The van der Waals surface area contributed by atoms with E-state index in [-0.39, 0.29) is 0 Å². The predicted molar refractivity (Wildman–Crippen MR) is 134 cm³/mol. The van der Waals surface area contributed by atoms with Crippen LogP contribution in [0.15, 0.2) is 60.1 Å². The Morgan fingerprint density at radius 1 is 1.09 bits per heavy atom. The van der Waals surface area contributed by atoms with Crippen molar-refractivity contribution in [1.82, 2.24) is 9.88 Å². The van der Waals surface area contributed by atoms with E-state index in [4.69, 9.17) is 9.47 Å². The Morgan fingerprint density at radius 2 is 1.88 bits per heavy atom. The fourth-order valence-electron chi connectivity index (χ4n) is 3.42. The first-order valence-electron chi connectivity index (χ1n) is 11.2. The zero-order valence-corrected chi connectivity index (χ0v) is 20.5. The van der Waals surface area contributed by atoms with Gasteiger partial charge in [-0.2, -0.15) is 0 Å². The van der Waals surface area contributed by atoms with Crippen LogP contribution in [-0.2, 0) is 17.9 Å². The molecule has 176 valence electrons. The number of aldehydes is 1. The summed E-state index contributed by atoms with van der Waals surface area (Å²) in [5, 5.41) is 2.07.